The van der Waals surface area contributed by atoms with Crippen LogP contribution in [0.3, 0.4) is 0 Å². The van der Waals surface area contributed by atoms with Gasteiger partial charge < -0.3 is 10.2 Å². The van der Waals surface area contributed by atoms with Crippen LogP contribution in [0.2, 0.25) is 0 Å². The molecule has 0 aromatic heterocycles. The third-order valence-electron chi connectivity index (χ3n) is 5.16. The summed E-state index contributed by atoms with van der Waals surface area (Å²) in [5.41, 5.74) is -1.03. The van der Waals surface area contributed by atoms with E-state index in [9.17, 15) is 19.8 Å². The third-order valence-corrected chi connectivity index (χ3v) is 5.16. The molecule has 1 aliphatic rings. The van der Waals surface area contributed by atoms with Crippen molar-refractivity contribution in [1.29, 1.82) is 0 Å². The lowest BCUT2D eigenvalue weighted by Crippen LogP contribution is -2.44. The van der Waals surface area contributed by atoms with Gasteiger partial charge in [-0.15, -0.1) is 0 Å². The van der Waals surface area contributed by atoms with Crippen molar-refractivity contribution in [2.45, 2.75) is 84.5 Å². The Hall–Kier alpha value is -1.06. The molecule has 2 N–H and O–H groups in total. The second-order valence-electron chi connectivity index (χ2n) is 7.30. The summed E-state index contributed by atoms with van der Waals surface area (Å²) in [4.78, 5) is 23.2. The average molecular weight is 312 g/mol. The van der Waals surface area contributed by atoms with Gasteiger partial charge >= 0.3 is 11.9 Å². The van der Waals surface area contributed by atoms with Gasteiger partial charge in [0.1, 0.15) is 0 Å². The molecular formula is C18H32O4. The quantitative estimate of drug-likeness (QED) is 0.572. The van der Waals surface area contributed by atoms with Crippen molar-refractivity contribution in [2.75, 3.05) is 0 Å². The summed E-state index contributed by atoms with van der Waals surface area (Å²) >= 11 is 0. The van der Waals surface area contributed by atoms with E-state index in [4.69, 9.17) is 0 Å². The van der Waals surface area contributed by atoms with Gasteiger partial charge in [0.05, 0.1) is 11.3 Å². The molecule has 0 bridgehead atoms. The monoisotopic (exact) mass is 312 g/mol. The van der Waals surface area contributed by atoms with Crippen molar-refractivity contribution >= 4 is 11.9 Å². The van der Waals surface area contributed by atoms with Crippen LogP contribution in [-0.4, -0.2) is 22.2 Å². The van der Waals surface area contributed by atoms with Crippen LogP contribution in [-0.2, 0) is 9.59 Å². The Bertz CT molecular complexity index is 364. The fourth-order valence-electron chi connectivity index (χ4n) is 3.78. The summed E-state index contributed by atoms with van der Waals surface area (Å²) in [5.74, 6) is -1.80. The first-order chi connectivity index (χ1) is 10.4. The largest absolute Gasteiger partial charge is 0.481 e. The van der Waals surface area contributed by atoms with Gasteiger partial charge in [-0.3, -0.25) is 9.59 Å². The lowest BCUT2D eigenvalue weighted by molar-refractivity contribution is -0.166. The van der Waals surface area contributed by atoms with E-state index in [-0.39, 0.29) is 0 Å². The Morgan fingerprint density at radius 1 is 1.05 bits per heavy atom. The minimum absolute atomic E-state index is 0.510. The van der Waals surface area contributed by atoms with Crippen molar-refractivity contribution in [2.24, 2.45) is 17.3 Å². The molecule has 0 radical (unpaired) electrons. The Morgan fingerprint density at radius 3 is 2.27 bits per heavy atom. The summed E-state index contributed by atoms with van der Waals surface area (Å²) in [6.07, 6.45) is 9.87. The molecule has 0 heterocycles. The predicted octanol–water partition coefficient (Wildman–Crippen LogP) is 4.72. The third kappa shape index (κ3) is 5.29. The number of rotatable bonds is 10. The van der Waals surface area contributed by atoms with Gasteiger partial charge in [-0.2, -0.15) is 0 Å². The van der Waals surface area contributed by atoms with Crippen molar-refractivity contribution in [3.63, 3.8) is 0 Å². The SMILES string of the molecule is CC(C)CCCCCCCC1(C(=O)O)CCCCC1C(=O)O. The van der Waals surface area contributed by atoms with Gasteiger partial charge in [0.25, 0.3) is 0 Å². The fraction of sp³-hybridized carbons (Fsp3) is 0.889. The zero-order valence-corrected chi connectivity index (χ0v) is 14.1. The molecule has 0 saturated heterocycles. The second kappa shape index (κ2) is 9.16. The Balaban J connectivity index is 2.43. The second-order valence-corrected chi connectivity index (χ2v) is 7.30. The van der Waals surface area contributed by atoms with E-state index >= 15 is 0 Å². The molecule has 0 amide bonds. The molecule has 0 aromatic rings. The average Bonchev–Trinajstić information content (AvgIpc) is 2.45. The molecule has 0 spiro atoms. The van der Waals surface area contributed by atoms with Crippen LogP contribution < -0.4 is 0 Å². The first kappa shape index (κ1) is 19.0. The lowest BCUT2D eigenvalue weighted by Gasteiger charge is -2.38. The van der Waals surface area contributed by atoms with Crippen molar-refractivity contribution in [3.05, 3.63) is 0 Å². The molecule has 1 aliphatic carbocycles. The first-order valence-electron chi connectivity index (χ1n) is 8.86. The molecule has 22 heavy (non-hydrogen) atoms. The normalized spacial score (nSPS) is 25.3. The van der Waals surface area contributed by atoms with E-state index in [1.807, 2.05) is 0 Å². The summed E-state index contributed by atoms with van der Waals surface area (Å²) in [5, 5.41) is 19.0. The van der Waals surface area contributed by atoms with Crippen LogP contribution in [0.5, 0.6) is 0 Å². The zero-order chi connectivity index (χ0) is 16.6. The van der Waals surface area contributed by atoms with E-state index in [1.165, 1.54) is 19.3 Å². The maximum Gasteiger partial charge on any atom is 0.310 e. The van der Waals surface area contributed by atoms with Crippen molar-refractivity contribution < 1.29 is 19.8 Å². The van der Waals surface area contributed by atoms with Crippen molar-refractivity contribution in [1.82, 2.24) is 0 Å². The number of unbranched alkanes of at least 4 members (excludes halogenated alkanes) is 4. The first-order valence-corrected chi connectivity index (χ1v) is 8.86. The van der Waals surface area contributed by atoms with Gasteiger partial charge in [0.15, 0.2) is 0 Å². The molecule has 4 heteroatoms. The van der Waals surface area contributed by atoms with Crippen LogP contribution in [0.4, 0.5) is 0 Å². The lowest BCUT2D eigenvalue weighted by atomic mass is 9.63. The molecule has 2 unspecified atom stereocenters. The maximum atomic E-state index is 11.8. The van der Waals surface area contributed by atoms with E-state index in [0.29, 0.717) is 19.3 Å². The van der Waals surface area contributed by atoms with Crippen LogP contribution in [0, 0.1) is 17.3 Å². The summed E-state index contributed by atoms with van der Waals surface area (Å²) < 4.78 is 0. The van der Waals surface area contributed by atoms with E-state index in [0.717, 1.165) is 38.0 Å². The molecule has 0 aliphatic heterocycles. The minimum atomic E-state index is -1.03. The Morgan fingerprint density at radius 2 is 1.68 bits per heavy atom. The Labute approximate surface area is 134 Å². The number of carboxylic acids is 2. The van der Waals surface area contributed by atoms with Gasteiger partial charge in [0, 0.05) is 0 Å². The molecule has 128 valence electrons. The highest BCUT2D eigenvalue weighted by Crippen LogP contribution is 2.45. The van der Waals surface area contributed by atoms with Crippen LogP contribution in [0.25, 0.3) is 0 Å². The smallest absolute Gasteiger partial charge is 0.310 e. The number of carbonyl (C=O) groups is 2. The van der Waals surface area contributed by atoms with E-state index in [2.05, 4.69) is 13.8 Å². The summed E-state index contributed by atoms with van der Waals surface area (Å²) in [6.45, 7) is 4.46. The molecule has 1 rings (SSSR count). The highest BCUT2D eigenvalue weighted by atomic mass is 16.4. The highest BCUT2D eigenvalue weighted by Gasteiger charge is 2.50. The molecular weight excluding hydrogens is 280 g/mol. The molecule has 0 aromatic carbocycles. The summed E-state index contributed by atoms with van der Waals surface area (Å²) in [6, 6.07) is 0. The topological polar surface area (TPSA) is 74.6 Å². The number of aliphatic carboxylic acids is 2. The zero-order valence-electron chi connectivity index (χ0n) is 14.1. The number of carboxylic acid groups (broad SMARTS) is 2. The predicted molar refractivity (Wildman–Crippen MR) is 86.8 cm³/mol. The maximum absolute atomic E-state index is 11.8. The Kier molecular flexibility index (Phi) is 7.91. The van der Waals surface area contributed by atoms with E-state index < -0.39 is 23.3 Å². The molecule has 2 atom stereocenters. The molecule has 4 nitrogen and oxygen atoms in total. The molecule has 1 fully saturated rings. The number of hydrogen-bond donors (Lipinski definition) is 2. The fourth-order valence-corrected chi connectivity index (χ4v) is 3.78. The van der Waals surface area contributed by atoms with Crippen LogP contribution >= 0.6 is 0 Å². The minimum Gasteiger partial charge on any atom is -0.481 e. The van der Waals surface area contributed by atoms with Crippen molar-refractivity contribution in [3.8, 4) is 0 Å². The van der Waals surface area contributed by atoms with Crippen LogP contribution in [0.1, 0.15) is 84.5 Å². The van der Waals surface area contributed by atoms with E-state index in [1.54, 1.807) is 0 Å². The van der Waals surface area contributed by atoms with Gasteiger partial charge in [-0.25, -0.2) is 0 Å². The molecule has 1 saturated carbocycles. The van der Waals surface area contributed by atoms with Gasteiger partial charge in [-0.05, 0) is 25.2 Å². The highest BCUT2D eigenvalue weighted by molar-refractivity contribution is 5.83. The van der Waals surface area contributed by atoms with Crippen LogP contribution in [0.15, 0.2) is 0 Å². The summed E-state index contributed by atoms with van der Waals surface area (Å²) in [7, 11) is 0. The standard InChI is InChI=1S/C18H32O4/c1-14(2)10-6-4-3-5-8-12-18(17(21)22)13-9-7-11-15(18)16(19)20/h14-15H,3-13H2,1-2H3,(H,19,20)(H,21,22). The van der Waals surface area contributed by atoms with Gasteiger partial charge in [-0.1, -0.05) is 65.2 Å². The van der Waals surface area contributed by atoms with Gasteiger partial charge in [0.2, 0.25) is 0 Å². The number of hydrogen-bond acceptors (Lipinski definition) is 2.